The smallest absolute Gasteiger partial charge is 0.0100 e. The van der Waals surface area contributed by atoms with E-state index >= 15 is 0 Å². The topological polar surface area (TPSA) is 15.3 Å². The summed E-state index contributed by atoms with van der Waals surface area (Å²) in [5.41, 5.74) is 0. The first-order valence-corrected chi connectivity index (χ1v) is 9.07. The van der Waals surface area contributed by atoms with Gasteiger partial charge in [-0.25, -0.2) is 0 Å². The van der Waals surface area contributed by atoms with Crippen molar-refractivity contribution in [2.45, 2.75) is 83.2 Å². The number of rotatable bonds is 6. The zero-order valence-corrected chi connectivity index (χ0v) is 14.0. The molecule has 0 radical (unpaired) electrons. The Morgan fingerprint density at radius 3 is 2.30 bits per heavy atom. The third-order valence-electron chi connectivity index (χ3n) is 5.58. The van der Waals surface area contributed by atoms with Crippen LogP contribution in [0.1, 0.15) is 71.1 Å². The minimum atomic E-state index is 0.673. The molecule has 0 heterocycles. The summed E-state index contributed by atoms with van der Waals surface area (Å²) in [5, 5.41) is 3.99. The Morgan fingerprint density at radius 2 is 1.60 bits per heavy atom. The van der Waals surface area contributed by atoms with E-state index in [-0.39, 0.29) is 0 Å². The van der Waals surface area contributed by atoms with E-state index in [9.17, 15) is 0 Å². The predicted octanol–water partition coefficient (Wildman–Crippen LogP) is 4.06. The van der Waals surface area contributed by atoms with Crippen LogP contribution in [0.3, 0.4) is 0 Å². The van der Waals surface area contributed by atoms with Gasteiger partial charge in [-0.15, -0.1) is 0 Å². The van der Waals surface area contributed by atoms with E-state index in [2.05, 4.69) is 31.2 Å². The molecule has 118 valence electrons. The summed E-state index contributed by atoms with van der Waals surface area (Å²) < 4.78 is 0. The minimum absolute atomic E-state index is 0.673. The van der Waals surface area contributed by atoms with Gasteiger partial charge in [0.15, 0.2) is 0 Å². The molecular formula is C18H36N2. The van der Waals surface area contributed by atoms with E-state index in [1.807, 2.05) is 0 Å². The van der Waals surface area contributed by atoms with Gasteiger partial charge in [-0.2, -0.15) is 0 Å². The number of hydrogen-bond acceptors (Lipinski definition) is 2. The van der Waals surface area contributed by atoms with Gasteiger partial charge < -0.3 is 10.2 Å². The second-order valence-electron chi connectivity index (χ2n) is 7.61. The molecule has 0 aliphatic heterocycles. The lowest BCUT2D eigenvalue weighted by atomic mass is 9.71. The van der Waals surface area contributed by atoms with Crippen molar-refractivity contribution in [2.24, 2.45) is 11.8 Å². The SMILES string of the molecule is CC(CCN(C)C)NC1CCCCC1C1CCCCC1. The Bertz CT molecular complexity index is 258. The summed E-state index contributed by atoms with van der Waals surface area (Å²) in [6.45, 7) is 3.59. The van der Waals surface area contributed by atoms with Crippen LogP contribution in [0.15, 0.2) is 0 Å². The maximum atomic E-state index is 3.99. The van der Waals surface area contributed by atoms with Gasteiger partial charge in [0.25, 0.3) is 0 Å². The molecule has 2 aliphatic rings. The van der Waals surface area contributed by atoms with Gasteiger partial charge in [-0.3, -0.25) is 0 Å². The largest absolute Gasteiger partial charge is 0.311 e. The van der Waals surface area contributed by atoms with Crippen LogP contribution in [-0.2, 0) is 0 Å². The maximum absolute atomic E-state index is 3.99. The molecule has 0 aromatic carbocycles. The van der Waals surface area contributed by atoms with E-state index in [0.29, 0.717) is 6.04 Å². The van der Waals surface area contributed by atoms with E-state index < -0.39 is 0 Å². The fourth-order valence-electron chi connectivity index (χ4n) is 4.39. The summed E-state index contributed by atoms with van der Waals surface area (Å²) in [4.78, 5) is 2.30. The monoisotopic (exact) mass is 280 g/mol. The zero-order valence-electron chi connectivity index (χ0n) is 14.0. The van der Waals surface area contributed by atoms with Gasteiger partial charge in [0.05, 0.1) is 0 Å². The highest BCUT2D eigenvalue weighted by molar-refractivity contribution is 4.88. The quantitative estimate of drug-likeness (QED) is 0.789. The molecule has 3 atom stereocenters. The van der Waals surface area contributed by atoms with Crippen molar-refractivity contribution in [3.63, 3.8) is 0 Å². The van der Waals surface area contributed by atoms with E-state index in [0.717, 1.165) is 17.9 Å². The van der Waals surface area contributed by atoms with E-state index in [1.54, 1.807) is 0 Å². The zero-order chi connectivity index (χ0) is 14.4. The Balaban J connectivity index is 1.82. The van der Waals surface area contributed by atoms with Gasteiger partial charge >= 0.3 is 0 Å². The molecule has 0 aromatic heterocycles. The molecule has 1 N–H and O–H groups in total. The average molecular weight is 280 g/mol. The first-order valence-electron chi connectivity index (χ1n) is 9.07. The van der Waals surface area contributed by atoms with Crippen LogP contribution in [0.2, 0.25) is 0 Å². The van der Waals surface area contributed by atoms with Crippen LogP contribution >= 0.6 is 0 Å². The Labute approximate surface area is 126 Å². The lowest BCUT2D eigenvalue weighted by molar-refractivity contribution is 0.141. The van der Waals surface area contributed by atoms with Gasteiger partial charge in [-0.1, -0.05) is 44.9 Å². The fourth-order valence-corrected chi connectivity index (χ4v) is 4.39. The lowest BCUT2D eigenvalue weighted by Gasteiger charge is -2.40. The van der Waals surface area contributed by atoms with E-state index in [1.165, 1.54) is 70.8 Å². The Kier molecular flexibility index (Phi) is 6.83. The van der Waals surface area contributed by atoms with Gasteiger partial charge in [0.1, 0.15) is 0 Å². The van der Waals surface area contributed by atoms with Crippen molar-refractivity contribution in [3.8, 4) is 0 Å². The second-order valence-corrected chi connectivity index (χ2v) is 7.61. The number of hydrogen-bond donors (Lipinski definition) is 1. The maximum Gasteiger partial charge on any atom is 0.0100 e. The lowest BCUT2D eigenvalue weighted by Crippen LogP contribution is -2.46. The molecule has 3 unspecified atom stereocenters. The van der Waals surface area contributed by atoms with Gasteiger partial charge in [0, 0.05) is 12.1 Å². The molecule has 2 heteroatoms. The van der Waals surface area contributed by atoms with Crippen LogP contribution in [0, 0.1) is 11.8 Å². The van der Waals surface area contributed by atoms with Crippen LogP contribution < -0.4 is 5.32 Å². The molecule has 0 saturated heterocycles. The van der Waals surface area contributed by atoms with Crippen molar-refractivity contribution >= 4 is 0 Å². The molecule has 2 fully saturated rings. The highest BCUT2D eigenvalue weighted by Crippen LogP contribution is 2.38. The first kappa shape index (κ1) is 16.3. The molecular weight excluding hydrogens is 244 g/mol. The average Bonchev–Trinajstić information content (AvgIpc) is 2.47. The molecule has 2 saturated carbocycles. The first-order chi connectivity index (χ1) is 9.66. The van der Waals surface area contributed by atoms with Crippen molar-refractivity contribution in [1.82, 2.24) is 10.2 Å². The standard InChI is InChI=1S/C18H36N2/c1-15(13-14-20(2)3)19-18-12-8-7-11-17(18)16-9-5-4-6-10-16/h15-19H,4-14H2,1-3H3. The molecule has 2 nitrogen and oxygen atoms in total. The third-order valence-corrected chi connectivity index (χ3v) is 5.58. The highest BCUT2D eigenvalue weighted by Gasteiger charge is 2.32. The van der Waals surface area contributed by atoms with Crippen LogP contribution in [0.4, 0.5) is 0 Å². The summed E-state index contributed by atoms with van der Waals surface area (Å²) in [7, 11) is 4.36. The molecule has 0 spiro atoms. The van der Waals surface area contributed by atoms with Crippen molar-refractivity contribution < 1.29 is 0 Å². The van der Waals surface area contributed by atoms with Gasteiger partial charge in [-0.05, 0) is 58.7 Å². The second kappa shape index (κ2) is 8.38. The van der Waals surface area contributed by atoms with Crippen LogP contribution in [0.25, 0.3) is 0 Å². The predicted molar refractivity (Wildman–Crippen MR) is 88.1 cm³/mol. The van der Waals surface area contributed by atoms with Crippen LogP contribution in [0.5, 0.6) is 0 Å². The summed E-state index contributed by atoms with van der Waals surface area (Å²) in [6, 6.07) is 1.48. The summed E-state index contributed by atoms with van der Waals surface area (Å²) in [6.07, 6.45) is 14.6. The van der Waals surface area contributed by atoms with Gasteiger partial charge in [0.2, 0.25) is 0 Å². The summed E-state index contributed by atoms with van der Waals surface area (Å²) >= 11 is 0. The normalized spacial score (nSPS) is 30.6. The summed E-state index contributed by atoms with van der Waals surface area (Å²) in [5.74, 6) is 2.01. The molecule has 0 aromatic rings. The number of nitrogens with one attached hydrogen (secondary N) is 1. The molecule has 2 rings (SSSR count). The van der Waals surface area contributed by atoms with Crippen LogP contribution in [-0.4, -0.2) is 37.6 Å². The molecule has 0 bridgehead atoms. The Morgan fingerprint density at radius 1 is 0.950 bits per heavy atom. The highest BCUT2D eigenvalue weighted by atomic mass is 15.1. The van der Waals surface area contributed by atoms with Crippen molar-refractivity contribution in [2.75, 3.05) is 20.6 Å². The molecule has 20 heavy (non-hydrogen) atoms. The minimum Gasteiger partial charge on any atom is -0.311 e. The molecule has 2 aliphatic carbocycles. The number of nitrogens with zero attached hydrogens (tertiary/aromatic N) is 1. The third kappa shape index (κ3) is 5.04. The molecule has 0 amide bonds. The van der Waals surface area contributed by atoms with Crippen molar-refractivity contribution in [3.05, 3.63) is 0 Å². The van der Waals surface area contributed by atoms with Crippen molar-refractivity contribution in [1.29, 1.82) is 0 Å². The fraction of sp³-hybridized carbons (Fsp3) is 1.00. The Hall–Kier alpha value is -0.0800. The van der Waals surface area contributed by atoms with E-state index in [4.69, 9.17) is 0 Å².